The molecule has 1 amide bonds. The van der Waals surface area contributed by atoms with Crippen LogP contribution in [0.1, 0.15) is 10.4 Å². The van der Waals surface area contributed by atoms with Crippen molar-refractivity contribution in [3.05, 3.63) is 48.0 Å². The van der Waals surface area contributed by atoms with Crippen LogP contribution in [-0.2, 0) is 10.0 Å². The second-order valence-electron chi connectivity index (χ2n) is 4.56. The number of nitrogens with two attached hydrogens (primary N) is 1. The fourth-order valence-electron chi connectivity index (χ4n) is 1.90. The van der Waals surface area contributed by atoms with Crippen LogP contribution in [0.25, 0.3) is 0 Å². The van der Waals surface area contributed by atoms with Gasteiger partial charge in [0.05, 0.1) is 19.1 Å². The molecular weight excluding hydrogens is 320 g/mol. The van der Waals surface area contributed by atoms with Crippen LogP contribution >= 0.6 is 0 Å². The van der Waals surface area contributed by atoms with Crippen LogP contribution in [0.15, 0.2) is 47.4 Å². The smallest absolute Gasteiger partial charge is 0.262 e. The Hall–Kier alpha value is -2.74. The van der Waals surface area contributed by atoms with Crippen LogP contribution in [0, 0.1) is 0 Å². The molecule has 122 valence electrons. The van der Waals surface area contributed by atoms with Crippen LogP contribution in [0.4, 0.5) is 5.69 Å². The Morgan fingerprint density at radius 2 is 1.61 bits per heavy atom. The molecule has 0 fully saturated rings. The molecule has 3 N–H and O–H groups in total. The Bertz CT molecular complexity index is 816. The number of carbonyl (C=O) groups excluding carboxylic acids is 1. The van der Waals surface area contributed by atoms with Crippen molar-refractivity contribution >= 4 is 21.6 Å². The Morgan fingerprint density at radius 1 is 1.00 bits per heavy atom. The fraction of sp³-hybridized carbons (Fsp3) is 0.133. The first-order valence-electron chi connectivity index (χ1n) is 6.52. The van der Waals surface area contributed by atoms with E-state index >= 15 is 0 Å². The Kier molecular flexibility index (Phi) is 4.75. The van der Waals surface area contributed by atoms with Gasteiger partial charge in [0.25, 0.3) is 10.0 Å². The van der Waals surface area contributed by atoms with Crippen LogP contribution < -0.4 is 19.9 Å². The van der Waals surface area contributed by atoms with Crippen molar-refractivity contribution in [2.75, 3.05) is 18.9 Å². The first-order chi connectivity index (χ1) is 10.9. The van der Waals surface area contributed by atoms with Gasteiger partial charge < -0.3 is 15.2 Å². The second kappa shape index (κ2) is 6.57. The van der Waals surface area contributed by atoms with Crippen molar-refractivity contribution in [1.82, 2.24) is 0 Å². The van der Waals surface area contributed by atoms with Crippen LogP contribution in [0.3, 0.4) is 0 Å². The lowest BCUT2D eigenvalue weighted by atomic mass is 10.2. The summed E-state index contributed by atoms with van der Waals surface area (Å²) >= 11 is 0. The summed E-state index contributed by atoms with van der Waals surface area (Å²) in [6, 6.07) is 10.1. The highest BCUT2D eigenvalue weighted by atomic mass is 32.2. The number of hydrogen-bond donors (Lipinski definition) is 2. The molecule has 0 atom stereocenters. The predicted molar refractivity (Wildman–Crippen MR) is 85.3 cm³/mol. The zero-order chi connectivity index (χ0) is 17.0. The number of primary amides is 1. The fourth-order valence-corrected chi connectivity index (χ4v) is 2.97. The molecular formula is C15H16N2O5S. The molecule has 0 aliphatic heterocycles. The quantitative estimate of drug-likeness (QED) is 0.833. The van der Waals surface area contributed by atoms with E-state index in [-0.39, 0.29) is 4.90 Å². The summed E-state index contributed by atoms with van der Waals surface area (Å²) in [5.74, 6) is 0.149. The monoisotopic (exact) mass is 336 g/mol. The third-order valence-electron chi connectivity index (χ3n) is 3.09. The number of sulfonamides is 1. The average molecular weight is 336 g/mol. The number of benzene rings is 2. The van der Waals surface area contributed by atoms with E-state index in [2.05, 4.69) is 4.72 Å². The molecule has 2 rings (SSSR count). The molecule has 0 spiro atoms. The van der Waals surface area contributed by atoms with E-state index in [4.69, 9.17) is 15.2 Å². The van der Waals surface area contributed by atoms with Crippen molar-refractivity contribution in [1.29, 1.82) is 0 Å². The molecule has 0 unspecified atom stereocenters. The van der Waals surface area contributed by atoms with E-state index < -0.39 is 15.9 Å². The first kappa shape index (κ1) is 16.6. The Labute approximate surface area is 134 Å². The highest BCUT2D eigenvalue weighted by molar-refractivity contribution is 7.92. The van der Waals surface area contributed by atoms with Crippen LogP contribution in [0.2, 0.25) is 0 Å². The summed E-state index contributed by atoms with van der Waals surface area (Å²) in [6.07, 6.45) is 0. The standard InChI is InChI=1S/C15H16N2O5S/c1-21-13-8-7-12(9-14(13)22-2)23(19,20)17-11-5-3-10(4-6-11)15(16)18/h3-9,17H,1-2H3,(H2,16,18). The molecule has 0 heterocycles. The van der Waals surface area contributed by atoms with E-state index in [1.54, 1.807) is 0 Å². The molecule has 2 aromatic rings. The molecule has 0 aliphatic rings. The predicted octanol–water partition coefficient (Wildman–Crippen LogP) is 1.60. The topological polar surface area (TPSA) is 108 Å². The van der Waals surface area contributed by atoms with Gasteiger partial charge in [0, 0.05) is 17.3 Å². The van der Waals surface area contributed by atoms with Crippen LogP contribution in [0.5, 0.6) is 11.5 Å². The third-order valence-corrected chi connectivity index (χ3v) is 4.47. The maximum absolute atomic E-state index is 12.4. The van der Waals surface area contributed by atoms with E-state index in [0.717, 1.165) is 0 Å². The number of nitrogens with one attached hydrogen (secondary N) is 1. The van der Waals surface area contributed by atoms with Gasteiger partial charge >= 0.3 is 0 Å². The molecule has 0 radical (unpaired) electrons. The summed E-state index contributed by atoms with van der Waals surface area (Å²) in [5.41, 5.74) is 5.74. The van der Waals surface area contributed by atoms with Gasteiger partial charge in [-0.15, -0.1) is 0 Å². The number of rotatable bonds is 6. The van der Waals surface area contributed by atoms with Crippen molar-refractivity contribution in [3.8, 4) is 11.5 Å². The van der Waals surface area contributed by atoms with Gasteiger partial charge in [-0.3, -0.25) is 9.52 Å². The van der Waals surface area contributed by atoms with Gasteiger partial charge in [0.1, 0.15) is 0 Å². The Morgan fingerprint density at radius 3 is 2.13 bits per heavy atom. The number of amides is 1. The number of hydrogen-bond acceptors (Lipinski definition) is 5. The van der Waals surface area contributed by atoms with E-state index in [1.807, 2.05) is 0 Å². The average Bonchev–Trinajstić information content (AvgIpc) is 2.54. The van der Waals surface area contributed by atoms with Gasteiger partial charge in [-0.25, -0.2) is 8.42 Å². The van der Waals surface area contributed by atoms with Crippen molar-refractivity contribution in [2.24, 2.45) is 5.73 Å². The highest BCUT2D eigenvalue weighted by Crippen LogP contribution is 2.30. The lowest BCUT2D eigenvalue weighted by Crippen LogP contribution is -2.14. The van der Waals surface area contributed by atoms with Gasteiger partial charge in [0.2, 0.25) is 5.91 Å². The maximum atomic E-state index is 12.4. The number of methoxy groups -OCH3 is 2. The molecule has 7 nitrogen and oxygen atoms in total. The minimum Gasteiger partial charge on any atom is -0.493 e. The van der Waals surface area contributed by atoms with Gasteiger partial charge in [-0.1, -0.05) is 0 Å². The van der Waals surface area contributed by atoms with E-state index in [0.29, 0.717) is 22.7 Å². The van der Waals surface area contributed by atoms with Gasteiger partial charge in [0.15, 0.2) is 11.5 Å². The minimum atomic E-state index is -3.81. The zero-order valence-electron chi connectivity index (χ0n) is 12.6. The molecule has 0 aromatic heterocycles. The number of ether oxygens (including phenoxy) is 2. The zero-order valence-corrected chi connectivity index (χ0v) is 13.4. The molecule has 0 aliphatic carbocycles. The largest absolute Gasteiger partial charge is 0.493 e. The third kappa shape index (κ3) is 3.72. The van der Waals surface area contributed by atoms with Crippen molar-refractivity contribution in [3.63, 3.8) is 0 Å². The minimum absolute atomic E-state index is 0.0223. The number of anilines is 1. The first-order valence-corrected chi connectivity index (χ1v) is 8.00. The van der Waals surface area contributed by atoms with Gasteiger partial charge in [-0.2, -0.15) is 0 Å². The van der Waals surface area contributed by atoms with Crippen molar-refractivity contribution < 1.29 is 22.7 Å². The molecule has 0 saturated heterocycles. The van der Waals surface area contributed by atoms with Gasteiger partial charge in [-0.05, 0) is 36.4 Å². The summed E-state index contributed by atoms with van der Waals surface area (Å²) in [6.45, 7) is 0. The Balaban J connectivity index is 2.29. The van der Waals surface area contributed by atoms with E-state index in [9.17, 15) is 13.2 Å². The summed E-state index contributed by atoms with van der Waals surface area (Å²) in [4.78, 5) is 11.0. The SMILES string of the molecule is COc1ccc(S(=O)(=O)Nc2ccc(C(N)=O)cc2)cc1OC. The normalized spacial score (nSPS) is 10.9. The lowest BCUT2D eigenvalue weighted by Gasteiger charge is -2.11. The molecule has 8 heteroatoms. The van der Waals surface area contributed by atoms with E-state index in [1.165, 1.54) is 56.7 Å². The highest BCUT2D eigenvalue weighted by Gasteiger charge is 2.17. The maximum Gasteiger partial charge on any atom is 0.262 e. The molecule has 0 bridgehead atoms. The summed E-state index contributed by atoms with van der Waals surface area (Å²) < 4.78 is 37.4. The lowest BCUT2D eigenvalue weighted by molar-refractivity contribution is 0.100. The van der Waals surface area contributed by atoms with Crippen molar-refractivity contribution in [2.45, 2.75) is 4.90 Å². The van der Waals surface area contributed by atoms with Crippen LogP contribution in [-0.4, -0.2) is 28.5 Å². The second-order valence-corrected chi connectivity index (χ2v) is 6.25. The molecule has 23 heavy (non-hydrogen) atoms. The molecule has 2 aromatic carbocycles. The summed E-state index contributed by atoms with van der Waals surface area (Å²) in [5, 5.41) is 0. The summed E-state index contributed by atoms with van der Waals surface area (Å²) in [7, 11) is -0.922. The number of carbonyl (C=O) groups is 1. The molecule has 0 saturated carbocycles.